The Kier molecular flexibility index (Phi) is 6.81. The first-order chi connectivity index (χ1) is 22.7. The Morgan fingerprint density at radius 3 is 1.74 bits per heavy atom. The maximum absolute atomic E-state index is 6.09. The fraction of sp³-hybridized carbons (Fsp3) is 0.0909. The molecule has 2 heteroatoms. The average Bonchev–Trinajstić information content (AvgIpc) is 3.62. The summed E-state index contributed by atoms with van der Waals surface area (Å²) < 4.78 is 4.68. The van der Waals surface area contributed by atoms with Crippen molar-refractivity contribution in [3.8, 4) is 46.0 Å². The third kappa shape index (κ3) is 4.36. The molecule has 2 aromatic heterocycles. The number of fused-ring (bicyclic) bond motifs is 4. The van der Waals surface area contributed by atoms with E-state index in [1.54, 1.807) is 0 Å². The Morgan fingerprint density at radius 2 is 1.20 bits per heavy atom. The Morgan fingerprint density at radius 1 is 0.674 bits per heavy atom. The zero-order valence-corrected chi connectivity index (χ0v) is 26.1. The van der Waals surface area contributed by atoms with Crippen molar-refractivity contribution >= 4 is 34.0 Å². The van der Waals surface area contributed by atoms with Gasteiger partial charge in [-0.3, -0.25) is 0 Å². The number of nitrogens with zero attached hydrogens (tertiary/aromatic N) is 2. The molecule has 220 valence electrons. The highest BCUT2D eigenvalue weighted by atomic mass is 15.0. The molecule has 46 heavy (non-hydrogen) atoms. The Hall–Kier alpha value is -5.78. The molecule has 5 aromatic carbocycles. The van der Waals surface area contributed by atoms with E-state index in [9.17, 15) is 0 Å². The summed E-state index contributed by atoms with van der Waals surface area (Å²) in [5.74, 6) is 3.41. The van der Waals surface area contributed by atoms with Crippen molar-refractivity contribution in [3.05, 3.63) is 156 Å². The lowest BCUT2D eigenvalue weighted by molar-refractivity contribution is 0.766. The number of hydrogen-bond donors (Lipinski definition) is 0. The van der Waals surface area contributed by atoms with Crippen LogP contribution in [0.25, 0.3) is 67.6 Å². The van der Waals surface area contributed by atoms with Crippen LogP contribution in [0.5, 0.6) is 0 Å². The quantitative estimate of drug-likeness (QED) is 0.177. The molecular weight excluding hydrogens is 556 g/mol. The van der Waals surface area contributed by atoms with Crippen LogP contribution in [0.1, 0.15) is 48.7 Å². The monoisotopic (exact) mass is 590 g/mol. The number of terminal acetylenes is 1. The second-order valence-electron chi connectivity index (χ2n) is 12.1. The van der Waals surface area contributed by atoms with E-state index < -0.39 is 0 Å². The summed E-state index contributed by atoms with van der Waals surface area (Å²) in [5, 5.41) is 2.55. The third-order valence-corrected chi connectivity index (χ3v) is 9.39. The molecule has 0 bridgehead atoms. The average molecular weight is 591 g/mol. The summed E-state index contributed by atoms with van der Waals surface area (Å²) in [7, 11) is 0. The minimum atomic E-state index is 0.392. The zero-order chi connectivity index (χ0) is 31.2. The highest BCUT2D eigenvalue weighted by Gasteiger charge is 2.25. The van der Waals surface area contributed by atoms with Gasteiger partial charge in [0.25, 0.3) is 0 Å². The van der Waals surface area contributed by atoms with Gasteiger partial charge in [0.05, 0.1) is 28.0 Å². The highest BCUT2D eigenvalue weighted by Crippen LogP contribution is 2.40. The molecule has 0 fully saturated rings. The fourth-order valence-corrected chi connectivity index (χ4v) is 7.31. The maximum atomic E-state index is 6.09. The smallest absolute Gasteiger partial charge is 0.0618 e. The first-order valence-electron chi connectivity index (χ1n) is 16.0. The molecule has 7 aromatic rings. The summed E-state index contributed by atoms with van der Waals surface area (Å²) >= 11 is 0. The van der Waals surface area contributed by atoms with Crippen LogP contribution in [-0.4, -0.2) is 9.13 Å². The van der Waals surface area contributed by atoms with Gasteiger partial charge in [-0.05, 0) is 95.6 Å². The molecule has 0 aliphatic heterocycles. The lowest BCUT2D eigenvalue weighted by Crippen LogP contribution is -2.04. The lowest BCUT2D eigenvalue weighted by atomic mass is 9.89. The summed E-state index contributed by atoms with van der Waals surface area (Å²) in [6.45, 7) is 4.31. The summed E-state index contributed by atoms with van der Waals surface area (Å²) in [6.07, 6.45) is 15.8. The second kappa shape index (κ2) is 11.3. The van der Waals surface area contributed by atoms with Gasteiger partial charge in [-0.25, -0.2) is 0 Å². The Labute approximate surface area is 270 Å². The van der Waals surface area contributed by atoms with E-state index in [-0.39, 0.29) is 0 Å². The van der Waals surface area contributed by atoms with Crippen molar-refractivity contribution in [1.29, 1.82) is 0 Å². The summed E-state index contributed by atoms with van der Waals surface area (Å²) in [6, 6.07) is 43.9. The molecule has 0 spiro atoms. The second-order valence-corrected chi connectivity index (χ2v) is 12.1. The van der Waals surface area contributed by atoms with Crippen LogP contribution in [0.3, 0.4) is 0 Å². The van der Waals surface area contributed by atoms with E-state index >= 15 is 0 Å². The number of aromatic nitrogens is 2. The fourth-order valence-electron chi connectivity index (χ4n) is 7.31. The van der Waals surface area contributed by atoms with E-state index in [4.69, 9.17) is 6.42 Å². The van der Waals surface area contributed by atoms with Gasteiger partial charge >= 0.3 is 0 Å². The molecule has 0 saturated carbocycles. The molecule has 0 unspecified atom stereocenters. The first-order valence-corrected chi connectivity index (χ1v) is 16.0. The van der Waals surface area contributed by atoms with Gasteiger partial charge in [0.15, 0.2) is 0 Å². The van der Waals surface area contributed by atoms with Crippen LogP contribution < -0.4 is 0 Å². The Bertz CT molecular complexity index is 2300. The van der Waals surface area contributed by atoms with Gasteiger partial charge in [0.1, 0.15) is 0 Å². The van der Waals surface area contributed by atoms with Crippen LogP contribution in [0.2, 0.25) is 0 Å². The van der Waals surface area contributed by atoms with Gasteiger partial charge in [0, 0.05) is 22.1 Å². The predicted molar refractivity (Wildman–Crippen MR) is 196 cm³/mol. The van der Waals surface area contributed by atoms with Crippen molar-refractivity contribution in [2.45, 2.75) is 26.2 Å². The predicted octanol–water partition coefficient (Wildman–Crippen LogP) is 11.4. The topological polar surface area (TPSA) is 9.86 Å². The van der Waals surface area contributed by atoms with Gasteiger partial charge < -0.3 is 9.13 Å². The van der Waals surface area contributed by atoms with Crippen LogP contribution in [0.15, 0.2) is 133 Å². The van der Waals surface area contributed by atoms with Crippen molar-refractivity contribution in [3.63, 3.8) is 0 Å². The molecule has 0 saturated heterocycles. The standard InChI is InChI=1S/C44H34N2/c1-4-13-40-35(5-2)44-30(3)14-12-21-43(44)46(40)34-28-24-32(25-29-34)37-16-7-6-15-36(37)31-22-26-33(27-23-31)45-41-19-10-8-17-38(41)39-18-9-11-20-42(39)45/h2,4,6-13,15-30H,14H2,1,3H3/b13-4-/t30-/m0/s1. The van der Waals surface area contributed by atoms with Crippen LogP contribution in [-0.2, 0) is 0 Å². The largest absolute Gasteiger partial charge is 0.309 e. The van der Waals surface area contributed by atoms with Gasteiger partial charge in [0.2, 0.25) is 0 Å². The molecule has 0 amide bonds. The molecule has 1 aliphatic carbocycles. The van der Waals surface area contributed by atoms with E-state index in [1.807, 2.05) is 6.92 Å². The van der Waals surface area contributed by atoms with Crippen LogP contribution in [0.4, 0.5) is 0 Å². The van der Waals surface area contributed by atoms with Crippen molar-refractivity contribution in [2.24, 2.45) is 0 Å². The maximum Gasteiger partial charge on any atom is 0.0618 e. The van der Waals surface area contributed by atoms with Gasteiger partial charge in [-0.1, -0.05) is 110 Å². The molecule has 0 radical (unpaired) electrons. The minimum absolute atomic E-state index is 0.392. The van der Waals surface area contributed by atoms with Crippen molar-refractivity contribution in [2.75, 3.05) is 0 Å². The molecule has 2 heterocycles. The Balaban J connectivity index is 1.18. The first kappa shape index (κ1) is 27.7. The van der Waals surface area contributed by atoms with E-state index in [2.05, 4.69) is 168 Å². The van der Waals surface area contributed by atoms with E-state index in [0.717, 1.165) is 29.1 Å². The number of para-hydroxylation sites is 2. The normalized spacial score (nSPS) is 14.2. The van der Waals surface area contributed by atoms with Gasteiger partial charge in [-0.15, -0.1) is 6.42 Å². The van der Waals surface area contributed by atoms with Crippen LogP contribution >= 0.6 is 0 Å². The number of benzene rings is 5. The number of allylic oxidation sites excluding steroid dienone is 2. The van der Waals surface area contributed by atoms with E-state index in [0.29, 0.717) is 5.92 Å². The SMILES string of the molecule is C#Cc1c2c(n(-c3ccc(-c4ccccc4-c4ccc(-n5c6ccccc6c6ccccc65)cc4)cc3)c1/C=C\C)C=CC[C@@H]2C. The molecule has 1 atom stereocenters. The zero-order valence-electron chi connectivity index (χ0n) is 26.1. The highest BCUT2D eigenvalue weighted by molar-refractivity contribution is 6.09. The van der Waals surface area contributed by atoms with Gasteiger partial charge in [-0.2, -0.15) is 0 Å². The summed E-state index contributed by atoms with van der Waals surface area (Å²) in [5.41, 5.74) is 14.0. The minimum Gasteiger partial charge on any atom is -0.309 e. The van der Waals surface area contributed by atoms with Crippen molar-refractivity contribution < 1.29 is 0 Å². The van der Waals surface area contributed by atoms with E-state index in [1.165, 1.54) is 55.3 Å². The van der Waals surface area contributed by atoms with Crippen molar-refractivity contribution in [1.82, 2.24) is 9.13 Å². The van der Waals surface area contributed by atoms with Crippen LogP contribution in [0, 0.1) is 12.3 Å². The molecule has 1 aliphatic rings. The third-order valence-electron chi connectivity index (χ3n) is 9.39. The summed E-state index contributed by atoms with van der Waals surface area (Å²) in [4.78, 5) is 0. The molecule has 0 N–H and O–H groups in total. The molecular formula is C44H34N2. The molecule has 2 nitrogen and oxygen atoms in total. The number of rotatable bonds is 5. The number of hydrogen-bond acceptors (Lipinski definition) is 0. The molecule has 8 rings (SSSR count). The lowest BCUT2D eigenvalue weighted by Gasteiger charge is -2.17.